The molecule has 0 unspecified atom stereocenters. The number of carbonyl (C=O) groups is 2. The Labute approximate surface area is 115 Å². The Hall–Kier alpha value is -2.63. The molecule has 0 atom stereocenters. The number of nitrogens with zero attached hydrogens (tertiary/aromatic N) is 1. The number of carboxylic acids is 1. The molecule has 0 aliphatic rings. The van der Waals surface area contributed by atoms with Gasteiger partial charge in [0.1, 0.15) is 6.54 Å². The van der Waals surface area contributed by atoms with Crippen molar-refractivity contribution in [3.8, 4) is 0 Å². The number of pyridine rings is 1. The zero-order valence-electron chi connectivity index (χ0n) is 10.8. The summed E-state index contributed by atoms with van der Waals surface area (Å²) < 4.78 is 0. The summed E-state index contributed by atoms with van der Waals surface area (Å²) >= 11 is 0. The van der Waals surface area contributed by atoms with Gasteiger partial charge in [0.2, 0.25) is 0 Å². The van der Waals surface area contributed by atoms with Gasteiger partial charge in [0.25, 0.3) is 0 Å². The topological polar surface area (TPSA) is 91.3 Å². The van der Waals surface area contributed by atoms with Crippen LogP contribution in [-0.4, -0.2) is 35.2 Å². The lowest BCUT2D eigenvalue weighted by atomic mass is 10.1. The molecule has 2 rings (SSSR count). The molecule has 0 aliphatic heterocycles. The number of carboxylic acid groups (broad SMARTS) is 1. The largest absolute Gasteiger partial charge is 0.480 e. The van der Waals surface area contributed by atoms with Gasteiger partial charge in [-0.25, -0.2) is 4.79 Å². The van der Waals surface area contributed by atoms with E-state index in [9.17, 15) is 9.59 Å². The Morgan fingerprint density at radius 1 is 1.15 bits per heavy atom. The molecule has 0 saturated heterocycles. The van der Waals surface area contributed by atoms with Gasteiger partial charge in [-0.05, 0) is 18.1 Å². The fourth-order valence-electron chi connectivity index (χ4n) is 1.90. The number of aromatic nitrogens is 1. The highest BCUT2D eigenvalue weighted by molar-refractivity contribution is 5.82. The van der Waals surface area contributed by atoms with Crippen LogP contribution in [0.25, 0.3) is 10.9 Å². The number of urea groups is 1. The Kier molecular flexibility index (Phi) is 4.49. The van der Waals surface area contributed by atoms with Crippen molar-refractivity contribution in [1.82, 2.24) is 15.6 Å². The van der Waals surface area contributed by atoms with Crippen molar-refractivity contribution >= 4 is 22.9 Å². The van der Waals surface area contributed by atoms with Crippen LogP contribution in [0.1, 0.15) is 5.56 Å². The van der Waals surface area contributed by atoms with E-state index in [-0.39, 0.29) is 6.54 Å². The Balaban J connectivity index is 1.90. The SMILES string of the molecule is O=C(O)CNC(=O)NCCc1cccc2cccnc12. The van der Waals surface area contributed by atoms with Crippen molar-refractivity contribution < 1.29 is 14.7 Å². The van der Waals surface area contributed by atoms with Crippen LogP contribution >= 0.6 is 0 Å². The third kappa shape index (κ3) is 3.68. The molecule has 0 spiro atoms. The number of nitrogens with one attached hydrogen (secondary N) is 2. The van der Waals surface area contributed by atoms with Gasteiger partial charge in [-0.15, -0.1) is 0 Å². The molecule has 20 heavy (non-hydrogen) atoms. The van der Waals surface area contributed by atoms with Gasteiger partial charge in [0.15, 0.2) is 0 Å². The lowest BCUT2D eigenvalue weighted by molar-refractivity contribution is -0.135. The van der Waals surface area contributed by atoms with E-state index in [2.05, 4.69) is 15.6 Å². The third-order valence-corrected chi connectivity index (χ3v) is 2.80. The number of fused-ring (bicyclic) bond motifs is 1. The molecule has 0 fully saturated rings. The van der Waals surface area contributed by atoms with E-state index in [1.54, 1.807) is 6.20 Å². The van der Waals surface area contributed by atoms with E-state index in [1.165, 1.54) is 0 Å². The van der Waals surface area contributed by atoms with Crippen LogP contribution in [0.15, 0.2) is 36.5 Å². The second kappa shape index (κ2) is 6.51. The number of amides is 2. The summed E-state index contributed by atoms with van der Waals surface area (Å²) in [4.78, 5) is 25.9. The second-order valence-corrected chi connectivity index (χ2v) is 4.25. The van der Waals surface area contributed by atoms with Gasteiger partial charge in [0.05, 0.1) is 5.52 Å². The zero-order chi connectivity index (χ0) is 14.4. The van der Waals surface area contributed by atoms with Crippen LogP contribution in [0.2, 0.25) is 0 Å². The average molecular weight is 273 g/mol. The first-order valence-electron chi connectivity index (χ1n) is 6.23. The summed E-state index contributed by atoms with van der Waals surface area (Å²) in [6.07, 6.45) is 2.37. The molecule has 0 saturated carbocycles. The Bertz CT molecular complexity index is 623. The molecule has 0 bridgehead atoms. The molecule has 0 aliphatic carbocycles. The first-order chi connectivity index (χ1) is 9.66. The maximum atomic E-state index is 11.3. The fraction of sp³-hybridized carbons (Fsp3) is 0.214. The molecule has 1 aromatic heterocycles. The highest BCUT2D eigenvalue weighted by atomic mass is 16.4. The smallest absolute Gasteiger partial charge is 0.323 e. The van der Waals surface area contributed by atoms with Gasteiger partial charge >= 0.3 is 12.0 Å². The highest BCUT2D eigenvalue weighted by Gasteiger charge is 2.04. The lowest BCUT2D eigenvalue weighted by Gasteiger charge is -2.07. The first kappa shape index (κ1) is 13.8. The van der Waals surface area contributed by atoms with Gasteiger partial charge in [0, 0.05) is 18.1 Å². The molecule has 3 N–H and O–H groups in total. The zero-order valence-corrected chi connectivity index (χ0v) is 10.8. The van der Waals surface area contributed by atoms with E-state index in [1.807, 2.05) is 30.3 Å². The molecule has 6 nitrogen and oxygen atoms in total. The standard InChI is InChI=1S/C14H15N3O3/c18-12(19)9-17-14(20)16-8-6-11-4-1-3-10-5-2-7-15-13(10)11/h1-5,7H,6,8-9H2,(H,18,19)(H2,16,17,20). The summed E-state index contributed by atoms with van der Waals surface area (Å²) in [7, 11) is 0. The minimum absolute atomic E-state index is 0.387. The number of rotatable bonds is 5. The van der Waals surface area contributed by atoms with E-state index < -0.39 is 12.0 Å². The van der Waals surface area contributed by atoms with Crippen LogP contribution < -0.4 is 10.6 Å². The highest BCUT2D eigenvalue weighted by Crippen LogP contribution is 2.15. The average Bonchev–Trinajstić information content (AvgIpc) is 2.45. The maximum Gasteiger partial charge on any atom is 0.323 e. The Morgan fingerprint density at radius 2 is 1.95 bits per heavy atom. The molecule has 104 valence electrons. The normalized spacial score (nSPS) is 10.2. The second-order valence-electron chi connectivity index (χ2n) is 4.25. The Morgan fingerprint density at radius 3 is 2.75 bits per heavy atom. The third-order valence-electron chi connectivity index (χ3n) is 2.80. The minimum Gasteiger partial charge on any atom is -0.480 e. The summed E-state index contributed by atoms with van der Waals surface area (Å²) in [6, 6.07) is 9.28. The van der Waals surface area contributed by atoms with Crippen LogP contribution in [-0.2, 0) is 11.2 Å². The fourth-order valence-corrected chi connectivity index (χ4v) is 1.90. The molecule has 6 heteroatoms. The van der Waals surface area contributed by atoms with Crippen LogP contribution in [0.4, 0.5) is 4.79 Å². The number of para-hydroxylation sites is 1. The minimum atomic E-state index is -1.07. The van der Waals surface area contributed by atoms with Crippen molar-refractivity contribution in [3.05, 3.63) is 42.1 Å². The van der Waals surface area contributed by atoms with Crippen LogP contribution in [0.3, 0.4) is 0 Å². The monoisotopic (exact) mass is 273 g/mol. The maximum absolute atomic E-state index is 11.3. The van der Waals surface area contributed by atoms with Crippen molar-refractivity contribution in [2.24, 2.45) is 0 Å². The van der Waals surface area contributed by atoms with Crippen LogP contribution in [0.5, 0.6) is 0 Å². The van der Waals surface area contributed by atoms with E-state index >= 15 is 0 Å². The van der Waals surface area contributed by atoms with Crippen molar-refractivity contribution in [1.29, 1.82) is 0 Å². The predicted octanol–water partition coefficient (Wildman–Crippen LogP) is 1.16. The number of benzene rings is 1. The number of carbonyl (C=O) groups excluding carboxylic acids is 1. The summed E-state index contributed by atoms with van der Waals surface area (Å²) in [6.45, 7) is 0.0306. The molecule has 2 aromatic rings. The van der Waals surface area contributed by atoms with Gasteiger partial charge in [-0.3, -0.25) is 9.78 Å². The molecule has 1 aromatic carbocycles. The summed E-state index contributed by atoms with van der Waals surface area (Å²) in [5.41, 5.74) is 1.96. The van der Waals surface area contributed by atoms with Gasteiger partial charge in [-0.1, -0.05) is 24.3 Å². The lowest BCUT2D eigenvalue weighted by Crippen LogP contribution is -2.39. The summed E-state index contributed by atoms with van der Waals surface area (Å²) in [5.74, 6) is -1.07. The van der Waals surface area contributed by atoms with Crippen molar-refractivity contribution in [3.63, 3.8) is 0 Å². The van der Waals surface area contributed by atoms with E-state index in [0.717, 1.165) is 16.5 Å². The number of hydrogen-bond acceptors (Lipinski definition) is 3. The van der Waals surface area contributed by atoms with Crippen molar-refractivity contribution in [2.75, 3.05) is 13.1 Å². The molecule has 1 heterocycles. The predicted molar refractivity (Wildman–Crippen MR) is 74.5 cm³/mol. The molecular weight excluding hydrogens is 258 g/mol. The number of hydrogen-bond donors (Lipinski definition) is 3. The van der Waals surface area contributed by atoms with Crippen LogP contribution in [0, 0.1) is 0 Å². The number of aliphatic carboxylic acids is 1. The van der Waals surface area contributed by atoms with Crippen molar-refractivity contribution in [2.45, 2.75) is 6.42 Å². The molecule has 2 amide bonds. The van der Waals surface area contributed by atoms with Gasteiger partial charge in [-0.2, -0.15) is 0 Å². The van der Waals surface area contributed by atoms with Gasteiger partial charge < -0.3 is 15.7 Å². The van der Waals surface area contributed by atoms with E-state index in [4.69, 9.17) is 5.11 Å². The molecule has 0 radical (unpaired) electrons. The first-order valence-corrected chi connectivity index (χ1v) is 6.23. The quantitative estimate of drug-likeness (QED) is 0.762. The summed E-state index contributed by atoms with van der Waals surface area (Å²) in [5, 5.41) is 14.3. The van der Waals surface area contributed by atoms with E-state index in [0.29, 0.717) is 13.0 Å². The molecular formula is C14H15N3O3.